The topological polar surface area (TPSA) is 38.3 Å². The summed E-state index contributed by atoms with van der Waals surface area (Å²) in [5.41, 5.74) is 4.91. The van der Waals surface area contributed by atoms with E-state index in [1.165, 1.54) is 11.1 Å². The number of carbonyl (C=O) groups excluding carboxylic acids is 1. The first kappa shape index (κ1) is 19.4. The molecule has 2 aromatic carbocycles. The Morgan fingerprint density at radius 1 is 1.08 bits per heavy atom. The number of hydrogen-bond donors (Lipinski definition) is 1. The Bertz CT molecular complexity index is 715. The minimum atomic E-state index is -0.498. The van der Waals surface area contributed by atoms with Crippen molar-refractivity contribution in [2.24, 2.45) is 0 Å². The van der Waals surface area contributed by atoms with E-state index < -0.39 is 6.10 Å². The molecular weight excluding hydrogens is 330 g/mol. The molecule has 0 spiro atoms. The van der Waals surface area contributed by atoms with Gasteiger partial charge in [-0.1, -0.05) is 36.4 Å². The van der Waals surface area contributed by atoms with E-state index in [-0.39, 0.29) is 5.91 Å². The Balaban J connectivity index is 1.71. The average Bonchev–Trinajstić information content (AvgIpc) is 2.60. The lowest BCUT2D eigenvalue weighted by atomic mass is 10.1. The van der Waals surface area contributed by atoms with E-state index in [1.54, 1.807) is 6.92 Å². The van der Waals surface area contributed by atoms with Gasteiger partial charge in [0.05, 0.1) is 0 Å². The summed E-state index contributed by atoms with van der Waals surface area (Å²) in [6, 6.07) is 14.3. The van der Waals surface area contributed by atoms with Gasteiger partial charge in [-0.3, -0.25) is 4.79 Å². The van der Waals surface area contributed by atoms with E-state index in [0.717, 1.165) is 28.4 Å². The summed E-state index contributed by atoms with van der Waals surface area (Å²) in [4.78, 5) is 12.2. The zero-order valence-corrected chi connectivity index (χ0v) is 16.3. The van der Waals surface area contributed by atoms with Crippen LogP contribution in [-0.4, -0.2) is 24.3 Å². The lowest BCUT2D eigenvalue weighted by Gasteiger charge is -2.17. The normalized spacial score (nSPS) is 11.8. The highest BCUT2D eigenvalue weighted by Gasteiger charge is 2.15. The quantitative estimate of drug-likeness (QED) is 0.710. The number of ether oxygens (including phenoxy) is 1. The van der Waals surface area contributed by atoms with Gasteiger partial charge in [0.15, 0.2) is 6.10 Å². The average molecular weight is 358 g/mol. The van der Waals surface area contributed by atoms with Crippen LogP contribution in [0.1, 0.15) is 29.2 Å². The standard InChI is InChI=1S/C21H27NO2S/c1-15-9-7-11-20(17(15)3)24-18(4)21(23)22-12-13-25-14-19-10-6-5-8-16(19)2/h5-11,18H,12-14H2,1-4H3,(H,22,23). The van der Waals surface area contributed by atoms with Crippen molar-refractivity contribution in [3.63, 3.8) is 0 Å². The maximum absolute atomic E-state index is 12.2. The molecule has 1 amide bonds. The maximum Gasteiger partial charge on any atom is 0.260 e. The van der Waals surface area contributed by atoms with Gasteiger partial charge in [-0.05, 0) is 56.0 Å². The van der Waals surface area contributed by atoms with Crippen molar-refractivity contribution >= 4 is 17.7 Å². The number of nitrogens with one attached hydrogen (secondary N) is 1. The number of carbonyl (C=O) groups is 1. The second-order valence-electron chi connectivity index (χ2n) is 6.23. The van der Waals surface area contributed by atoms with Gasteiger partial charge in [0.2, 0.25) is 0 Å². The molecule has 0 heterocycles. The van der Waals surface area contributed by atoms with Gasteiger partial charge in [-0.15, -0.1) is 0 Å². The third-order valence-electron chi connectivity index (χ3n) is 4.29. The van der Waals surface area contributed by atoms with Crippen molar-refractivity contribution in [2.75, 3.05) is 12.3 Å². The zero-order chi connectivity index (χ0) is 18.2. The van der Waals surface area contributed by atoms with E-state index in [4.69, 9.17) is 4.74 Å². The van der Waals surface area contributed by atoms with Gasteiger partial charge >= 0.3 is 0 Å². The highest BCUT2D eigenvalue weighted by Crippen LogP contribution is 2.21. The van der Waals surface area contributed by atoms with Crippen LogP contribution in [0.25, 0.3) is 0 Å². The van der Waals surface area contributed by atoms with Gasteiger partial charge < -0.3 is 10.1 Å². The predicted octanol–water partition coefficient (Wildman–Crippen LogP) is 4.43. The third kappa shape index (κ3) is 5.82. The Morgan fingerprint density at radius 3 is 2.56 bits per heavy atom. The van der Waals surface area contributed by atoms with Gasteiger partial charge in [0, 0.05) is 18.1 Å². The molecule has 1 unspecified atom stereocenters. The molecule has 0 bridgehead atoms. The molecular formula is C21H27NO2S. The first-order valence-corrected chi connectivity index (χ1v) is 9.77. The van der Waals surface area contributed by atoms with Crippen molar-refractivity contribution in [2.45, 2.75) is 39.6 Å². The Labute approximate surface area is 155 Å². The molecule has 134 valence electrons. The number of aryl methyl sites for hydroxylation is 2. The molecule has 0 saturated carbocycles. The largest absolute Gasteiger partial charge is 0.481 e. The fourth-order valence-corrected chi connectivity index (χ4v) is 3.37. The van der Waals surface area contributed by atoms with Crippen LogP contribution >= 0.6 is 11.8 Å². The van der Waals surface area contributed by atoms with E-state index in [0.29, 0.717) is 6.54 Å². The molecule has 0 aliphatic rings. The number of thioether (sulfide) groups is 1. The molecule has 2 aromatic rings. The molecule has 2 rings (SSSR count). The number of hydrogen-bond acceptors (Lipinski definition) is 3. The van der Waals surface area contributed by atoms with Crippen LogP contribution < -0.4 is 10.1 Å². The minimum absolute atomic E-state index is 0.0719. The van der Waals surface area contributed by atoms with Crippen LogP contribution in [0.4, 0.5) is 0 Å². The molecule has 0 fully saturated rings. The Kier molecular flexibility index (Phi) is 7.38. The smallest absolute Gasteiger partial charge is 0.260 e. The van der Waals surface area contributed by atoms with Gasteiger partial charge in [0.25, 0.3) is 5.91 Å². The summed E-state index contributed by atoms with van der Waals surface area (Å²) in [7, 11) is 0. The summed E-state index contributed by atoms with van der Waals surface area (Å²) in [6.45, 7) is 8.62. The van der Waals surface area contributed by atoms with E-state index >= 15 is 0 Å². The van der Waals surface area contributed by atoms with E-state index in [2.05, 4.69) is 36.5 Å². The van der Waals surface area contributed by atoms with Gasteiger partial charge in [0.1, 0.15) is 5.75 Å². The molecule has 0 saturated heterocycles. The summed E-state index contributed by atoms with van der Waals surface area (Å²) >= 11 is 1.83. The molecule has 1 N–H and O–H groups in total. The van der Waals surface area contributed by atoms with Crippen molar-refractivity contribution in [3.05, 3.63) is 64.7 Å². The molecule has 0 radical (unpaired) electrons. The summed E-state index contributed by atoms with van der Waals surface area (Å²) < 4.78 is 5.81. The fourth-order valence-electron chi connectivity index (χ4n) is 2.44. The molecule has 3 nitrogen and oxygen atoms in total. The minimum Gasteiger partial charge on any atom is -0.481 e. The van der Waals surface area contributed by atoms with Crippen LogP contribution in [0.15, 0.2) is 42.5 Å². The fraction of sp³-hybridized carbons (Fsp3) is 0.381. The van der Waals surface area contributed by atoms with E-state index in [1.807, 2.05) is 43.8 Å². The molecule has 4 heteroatoms. The lowest BCUT2D eigenvalue weighted by molar-refractivity contribution is -0.127. The summed E-state index contributed by atoms with van der Waals surface area (Å²) in [5, 5.41) is 2.95. The van der Waals surface area contributed by atoms with Gasteiger partial charge in [-0.25, -0.2) is 0 Å². The van der Waals surface area contributed by atoms with Crippen molar-refractivity contribution in [1.29, 1.82) is 0 Å². The second-order valence-corrected chi connectivity index (χ2v) is 7.33. The lowest BCUT2D eigenvalue weighted by Crippen LogP contribution is -2.37. The first-order valence-electron chi connectivity index (χ1n) is 8.62. The van der Waals surface area contributed by atoms with Gasteiger partial charge in [-0.2, -0.15) is 11.8 Å². The van der Waals surface area contributed by atoms with Crippen LogP contribution in [0, 0.1) is 20.8 Å². The van der Waals surface area contributed by atoms with Crippen molar-refractivity contribution < 1.29 is 9.53 Å². The predicted molar refractivity (Wildman–Crippen MR) is 106 cm³/mol. The summed E-state index contributed by atoms with van der Waals surface area (Å²) in [6.07, 6.45) is -0.498. The van der Waals surface area contributed by atoms with Crippen LogP contribution in [0.2, 0.25) is 0 Å². The van der Waals surface area contributed by atoms with E-state index in [9.17, 15) is 4.79 Å². The van der Waals surface area contributed by atoms with Crippen molar-refractivity contribution in [1.82, 2.24) is 5.32 Å². The second kappa shape index (κ2) is 9.52. The van der Waals surface area contributed by atoms with Crippen LogP contribution in [0.3, 0.4) is 0 Å². The Morgan fingerprint density at radius 2 is 1.80 bits per heavy atom. The highest BCUT2D eigenvalue weighted by molar-refractivity contribution is 7.98. The monoisotopic (exact) mass is 357 g/mol. The third-order valence-corrected chi connectivity index (χ3v) is 5.30. The van der Waals surface area contributed by atoms with Crippen molar-refractivity contribution in [3.8, 4) is 5.75 Å². The zero-order valence-electron chi connectivity index (χ0n) is 15.5. The maximum atomic E-state index is 12.2. The SMILES string of the molecule is Cc1ccccc1CSCCNC(=O)C(C)Oc1cccc(C)c1C. The molecule has 25 heavy (non-hydrogen) atoms. The van der Waals surface area contributed by atoms with Crippen LogP contribution in [0.5, 0.6) is 5.75 Å². The molecule has 0 aromatic heterocycles. The molecule has 1 atom stereocenters. The summed E-state index contributed by atoms with van der Waals surface area (Å²) in [5.74, 6) is 2.56. The highest BCUT2D eigenvalue weighted by atomic mass is 32.2. The molecule has 0 aliphatic carbocycles. The number of amides is 1. The van der Waals surface area contributed by atoms with Crippen LogP contribution in [-0.2, 0) is 10.5 Å². The Hall–Kier alpha value is -1.94. The number of rotatable bonds is 8. The first-order chi connectivity index (χ1) is 12.0. The molecule has 0 aliphatic heterocycles. The number of benzene rings is 2.